The first-order chi connectivity index (χ1) is 31.2. The van der Waals surface area contributed by atoms with E-state index in [1.54, 1.807) is 26.4 Å². The van der Waals surface area contributed by atoms with Crippen molar-refractivity contribution in [1.29, 1.82) is 0 Å². The maximum Gasteiger partial charge on any atom is 1.00 e. The second kappa shape index (κ2) is 34.1. The zero-order valence-corrected chi connectivity index (χ0v) is 43.5. The van der Waals surface area contributed by atoms with E-state index < -0.39 is 5.60 Å². The van der Waals surface area contributed by atoms with Crippen LogP contribution >= 0.6 is 47.8 Å². The summed E-state index contributed by atoms with van der Waals surface area (Å²) in [7, 11) is 5.85. The third-order valence-corrected chi connectivity index (χ3v) is 10.4. The molecular formula is C54H58BBr3NaO6. The van der Waals surface area contributed by atoms with Gasteiger partial charge in [-0.25, -0.2) is 0 Å². The van der Waals surface area contributed by atoms with Gasteiger partial charge in [-0.15, -0.1) is 6.42 Å². The number of aliphatic hydroxyl groups excluding tert-OH is 2. The van der Waals surface area contributed by atoms with Crippen molar-refractivity contribution in [2.75, 3.05) is 14.2 Å². The van der Waals surface area contributed by atoms with E-state index in [-0.39, 0.29) is 60.0 Å². The molecule has 2 N–H and O–H groups in total. The minimum Gasteiger partial charge on any atom is -1.00 e. The Morgan fingerprint density at radius 1 is 0.631 bits per heavy atom. The molecule has 0 aliphatic heterocycles. The van der Waals surface area contributed by atoms with Crippen molar-refractivity contribution in [3.05, 3.63) is 234 Å². The first-order valence-corrected chi connectivity index (χ1v) is 21.0. The van der Waals surface area contributed by atoms with Crippen LogP contribution in [-0.2, 0) is 30.2 Å². The van der Waals surface area contributed by atoms with E-state index in [1.807, 2.05) is 115 Å². The van der Waals surface area contributed by atoms with Crippen LogP contribution in [0.25, 0.3) is 0 Å². The van der Waals surface area contributed by atoms with Crippen molar-refractivity contribution in [3.63, 3.8) is 0 Å². The molecule has 0 spiro atoms. The van der Waals surface area contributed by atoms with Crippen LogP contribution in [0.5, 0.6) is 11.5 Å². The Hall–Kier alpha value is -4.25. The molecule has 0 amide bonds. The van der Waals surface area contributed by atoms with Gasteiger partial charge in [-0.1, -0.05) is 179 Å². The van der Waals surface area contributed by atoms with Crippen LogP contribution in [0.3, 0.4) is 0 Å². The fourth-order valence-corrected chi connectivity index (χ4v) is 7.12. The quantitative estimate of drug-likeness (QED) is 0.0581. The van der Waals surface area contributed by atoms with Crippen LogP contribution < -0.4 is 39.0 Å². The Bertz CT molecular complexity index is 2360. The number of terminal acetylenes is 1. The van der Waals surface area contributed by atoms with Gasteiger partial charge in [0.1, 0.15) is 23.4 Å². The Morgan fingerprint density at radius 2 is 1.06 bits per heavy atom. The molecular weight excluding hydrogens is 1020 g/mol. The zero-order valence-electron chi connectivity index (χ0n) is 39.8. The van der Waals surface area contributed by atoms with Gasteiger partial charge in [-0.2, -0.15) is 0 Å². The normalized spacial score (nSPS) is 9.66. The minimum absolute atomic E-state index is 0. The summed E-state index contributed by atoms with van der Waals surface area (Å²) in [5.41, 5.74) is 6.72. The van der Waals surface area contributed by atoms with E-state index in [4.69, 9.17) is 33.6 Å². The van der Waals surface area contributed by atoms with Gasteiger partial charge < -0.3 is 25.9 Å². The third kappa shape index (κ3) is 20.0. The molecule has 7 aromatic carbocycles. The second-order valence-corrected chi connectivity index (χ2v) is 15.6. The predicted octanol–water partition coefficient (Wildman–Crippen LogP) is 11.0. The molecule has 0 fully saturated rings. The Labute approximate surface area is 441 Å². The molecule has 0 aliphatic carbocycles. The number of carbonyl (C=O) groups excluding carboxylic acids is 1. The average molecular weight is 1080 g/mol. The molecule has 65 heavy (non-hydrogen) atoms. The van der Waals surface area contributed by atoms with Crippen LogP contribution in [0.4, 0.5) is 0 Å². The van der Waals surface area contributed by atoms with Crippen molar-refractivity contribution in [2.45, 2.75) is 47.7 Å². The molecule has 0 unspecified atom stereocenters. The largest absolute Gasteiger partial charge is 1.00 e. The average Bonchev–Trinajstić information content (AvgIpc) is 3.36. The van der Waals surface area contributed by atoms with Crippen molar-refractivity contribution < 1.29 is 62.9 Å². The second-order valence-electron chi connectivity index (χ2n) is 12.9. The fraction of sp³-hybridized carbons (Fsp3) is 0.167. The minimum atomic E-state index is -0.817. The molecule has 0 bridgehead atoms. The number of aliphatic hydroxyl groups is 2. The summed E-state index contributed by atoms with van der Waals surface area (Å²) >= 11 is 10.1. The monoisotopic (exact) mass is 1080 g/mol. The number of hydrogen-bond donors (Lipinski definition) is 2. The first-order valence-electron chi connectivity index (χ1n) is 20.6. The molecule has 0 atom stereocenters. The summed E-state index contributed by atoms with van der Waals surface area (Å²) in [4.78, 5) is 10.1. The molecule has 0 aromatic heterocycles. The van der Waals surface area contributed by atoms with E-state index in [2.05, 4.69) is 102 Å². The molecule has 0 aliphatic rings. The maximum absolute atomic E-state index is 10.1. The van der Waals surface area contributed by atoms with Crippen molar-refractivity contribution in [2.24, 2.45) is 0 Å². The smallest absolute Gasteiger partial charge is 1.00 e. The number of methoxy groups -OCH3 is 2. The van der Waals surface area contributed by atoms with Crippen molar-refractivity contribution in [1.82, 2.24) is 0 Å². The first kappa shape index (κ1) is 58.8. The SMILES string of the molecule is C.C#Cc1ccc(CO)cc1.COc1ccc(C(OCc2cccc(Br)c2)(c2ccccc2)c2ccc(OC)cc2)cc1.O=Cc1cccc(Br)c1.OCc1cccc(Br)c1.[2H]C.[3H]C.[B].[H-].[Na+]. The molecule has 0 heterocycles. The Kier molecular flexibility index (Phi) is 30.9. The number of benzene rings is 7. The number of rotatable bonds is 11. The topological polar surface area (TPSA) is 85.2 Å². The molecule has 11 heteroatoms. The van der Waals surface area contributed by atoms with Crippen LogP contribution in [0.1, 0.15) is 75.7 Å². The van der Waals surface area contributed by atoms with Gasteiger partial charge >= 0.3 is 29.6 Å². The Morgan fingerprint density at radius 3 is 1.45 bits per heavy atom. The maximum atomic E-state index is 10.1. The third-order valence-electron chi connectivity index (χ3n) is 8.88. The number of halogens is 3. The summed E-state index contributed by atoms with van der Waals surface area (Å²) in [6.07, 6.45) is 5.95. The summed E-state index contributed by atoms with van der Waals surface area (Å²) in [5, 5.41) is 17.3. The zero-order chi connectivity index (χ0) is 47.2. The van der Waals surface area contributed by atoms with Crippen molar-refractivity contribution >= 4 is 62.5 Å². The van der Waals surface area contributed by atoms with Gasteiger partial charge in [-0.3, -0.25) is 4.79 Å². The van der Waals surface area contributed by atoms with E-state index in [0.29, 0.717) is 12.2 Å². The molecule has 335 valence electrons. The van der Waals surface area contributed by atoms with Crippen LogP contribution in [0, 0.1) is 12.3 Å². The van der Waals surface area contributed by atoms with E-state index >= 15 is 0 Å². The summed E-state index contributed by atoms with van der Waals surface area (Å²) < 4.78 is 32.2. The van der Waals surface area contributed by atoms with Crippen LogP contribution in [0.15, 0.2) is 189 Å². The van der Waals surface area contributed by atoms with Gasteiger partial charge in [-0.05, 0) is 106 Å². The predicted molar refractivity (Wildman–Crippen MR) is 278 cm³/mol. The molecule has 7 aromatic rings. The molecule has 0 saturated carbocycles. The fourth-order valence-electron chi connectivity index (χ4n) is 5.81. The van der Waals surface area contributed by atoms with Crippen LogP contribution in [0.2, 0.25) is 0 Å². The van der Waals surface area contributed by atoms with E-state index in [1.165, 1.54) is 14.8 Å². The molecule has 7 rings (SSSR count). The number of hydrogen-bond acceptors (Lipinski definition) is 6. The number of carbonyl (C=O) groups is 1. The summed E-state index contributed by atoms with van der Waals surface area (Å²) in [6.45, 7) is 0.622. The van der Waals surface area contributed by atoms with Crippen LogP contribution in [-0.4, -0.2) is 39.1 Å². The van der Waals surface area contributed by atoms with Gasteiger partial charge in [0.2, 0.25) is 0 Å². The Balaban J connectivity index is -0.000000962. The standard InChI is InChI=1S/C28H25BrO3.C9H8O.C7H7BrO.C7H5BrO.3CH4.B.Na.H/c1-30-26-15-11-23(12-16-26)28(22-8-4-3-5-9-22,24-13-17-27(31-2)18-14-24)32-20-21-7-6-10-25(29)19-21;1-2-8-3-5-9(7-10)6-4-8;2*8-7-3-1-2-6(4-7)5-9;;;;;;/h3-19H,20H2,1-2H3;1,3-6,10H,7H2;1-4,9H,5H2;1-5H;3*1H4;;;/q;;;;;;;;+1;-1/i;;;;1T;1D;;;;. The van der Waals surface area contributed by atoms with Gasteiger partial charge in [0, 0.05) is 35.7 Å². The molecule has 0 saturated heterocycles. The van der Waals surface area contributed by atoms with Gasteiger partial charge in [0.25, 0.3) is 0 Å². The molecule has 3 radical (unpaired) electrons. The number of ether oxygens (including phenoxy) is 3. The van der Waals surface area contributed by atoms with Gasteiger partial charge in [0.15, 0.2) is 0 Å². The molecule has 6 nitrogen and oxygen atoms in total. The summed E-state index contributed by atoms with van der Waals surface area (Å²) in [5.74, 6) is 4.10. The number of aldehydes is 1. The van der Waals surface area contributed by atoms with Gasteiger partial charge in [0.05, 0.1) is 34.0 Å². The summed E-state index contributed by atoms with van der Waals surface area (Å²) in [6, 6.07) is 56.7. The van der Waals surface area contributed by atoms with E-state index in [0.717, 1.165) is 70.1 Å². The van der Waals surface area contributed by atoms with Crippen molar-refractivity contribution in [3.8, 4) is 23.8 Å². The van der Waals surface area contributed by atoms with E-state index in [9.17, 15) is 4.79 Å².